The third kappa shape index (κ3) is 5.76. The van der Waals surface area contributed by atoms with Crippen molar-refractivity contribution in [3.05, 3.63) is 59.2 Å². The van der Waals surface area contributed by atoms with E-state index in [1.165, 1.54) is 18.2 Å². The van der Waals surface area contributed by atoms with Crippen molar-refractivity contribution in [2.75, 3.05) is 33.9 Å². The van der Waals surface area contributed by atoms with E-state index >= 15 is 0 Å². The molecule has 7 heteroatoms. The van der Waals surface area contributed by atoms with Gasteiger partial charge in [-0.3, -0.25) is 14.5 Å². The molecule has 0 fully saturated rings. The number of ether oxygens (including phenoxy) is 2. The molecule has 0 saturated heterocycles. The molecule has 7 nitrogen and oxygen atoms in total. The summed E-state index contributed by atoms with van der Waals surface area (Å²) in [5.41, 5.74) is 3.28. The maximum absolute atomic E-state index is 12.7. The molecule has 2 aromatic rings. The minimum atomic E-state index is -0.241. The molecule has 1 unspecified atom stereocenters. The molecular formula is C24H31N3O4. The van der Waals surface area contributed by atoms with Gasteiger partial charge in [-0.1, -0.05) is 31.2 Å². The Hall–Kier alpha value is -3.06. The predicted molar refractivity (Wildman–Crippen MR) is 120 cm³/mol. The van der Waals surface area contributed by atoms with Crippen molar-refractivity contribution >= 4 is 11.8 Å². The fourth-order valence-corrected chi connectivity index (χ4v) is 3.82. The number of nitrogens with one attached hydrogen (secondary N) is 2. The molecule has 2 aromatic carbocycles. The third-order valence-corrected chi connectivity index (χ3v) is 5.71. The Kier molecular flexibility index (Phi) is 7.89. The van der Waals surface area contributed by atoms with Gasteiger partial charge in [0.05, 0.1) is 7.11 Å². The van der Waals surface area contributed by atoms with E-state index < -0.39 is 0 Å². The highest BCUT2D eigenvalue weighted by atomic mass is 16.5. The number of nitrogens with zero attached hydrogens (tertiary/aromatic N) is 1. The van der Waals surface area contributed by atoms with Crippen LogP contribution in [-0.2, 0) is 17.8 Å². The number of fused-ring (bicyclic) bond motifs is 1. The van der Waals surface area contributed by atoms with E-state index in [4.69, 9.17) is 9.47 Å². The molecule has 31 heavy (non-hydrogen) atoms. The monoisotopic (exact) mass is 425 g/mol. The summed E-state index contributed by atoms with van der Waals surface area (Å²) in [6, 6.07) is 13.8. The molecule has 0 radical (unpaired) electrons. The summed E-state index contributed by atoms with van der Waals surface area (Å²) in [5, 5.41) is 5.56. The SMILES string of the molecule is CCC(CNC(=O)c1ccc(OCC(=O)NC)c(OC)c1)N1CCc2ccccc2C1. The highest BCUT2D eigenvalue weighted by Crippen LogP contribution is 2.28. The number of hydrogen-bond donors (Lipinski definition) is 2. The van der Waals surface area contributed by atoms with Gasteiger partial charge in [0.2, 0.25) is 0 Å². The molecule has 1 atom stereocenters. The van der Waals surface area contributed by atoms with Gasteiger partial charge in [0.15, 0.2) is 18.1 Å². The Morgan fingerprint density at radius 3 is 2.61 bits per heavy atom. The Morgan fingerprint density at radius 1 is 1.13 bits per heavy atom. The van der Waals surface area contributed by atoms with Gasteiger partial charge in [0.25, 0.3) is 11.8 Å². The van der Waals surface area contributed by atoms with E-state index in [0.717, 1.165) is 25.9 Å². The molecule has 2 amide bonds. The number of carbonyl (C=O) groups is 2. The molecule has 2 N–H and O–H groups in total. The van der Waals surface area contributed by atoms with Crippen molar-refractivity contribution < 1.29 is 19.1 Å². The van der Waals surface area contributed by atoms with Gasteiger partial charge in [0, 0.05) is 38.3 Å². The second-order valence-corrected chi connectivity index (χ2v) is 7.59. The number of benzene rings is 2. The van der Waals surface area contributed by atoms with Gasteiger partial charge < -0.3 is 20.1 Å². The lowest BCUT2D eigenvalue weighted by molar-refractivity contribution is -0.122. The average molecular weight is 426 g/mol. The highest BCUT2D eigenvalue weighted by molar-refractivity contribution is 5.94. The molecule has 1 aliphatic rings. The Balaban J connectivity index is 1.59. The Morgan fingerprint density at radius 2 is 1.90 bits per heavy atom. The number of likely N-dealkylation sites (N-methyl/N-ethyl adjacent to an activating group) is 1. The van der Waals surface area contributed by atoms with Crippen molar-refractivity contribution in [2.45, 2.75) is 32.4 Å². The standard InChI is InChI=1S/C24H31N3O4/c1-4-20(27-12-11-17-7-5-6-8-19(17)15-27)14-26-24(29)18-9-10-21(22(13-18)30-3)31-16-23(28)25-2/h5-10,13,20H,4,11-12,14-16H2,1-3H3,(H,25,28)(H,26,29). The molecule has 0 spiro atoms. The third-order valence-electron chi connectivity index (χ3n) is 5.71. The Bertz CT molecular complexity index is 915. The van der Waals surface area contributed by atoms with Gasteiger partial charge in [-0.15, -0.1) is 0 Å². The molecule has 0 saturated carbocycles. The Labute approximate surface area is 183 Å². The van der Waals surface area contributed by atoms with Crippen molar-refractivity contribution in [2.24, 2.45) is 0 Å². The summed E-state index contributed by atoms with van der Waals surface area (Å²) in [6.07, 6.45) is 1.99. The summed E-state index contributed by atoms with van der Waals surface area (Å²) in [6.45, 7) is 4.52. The summed E-state index contributed by atoms with van der Waals surface area (Å²) in [7, 11) is 3.05. The molecule has 0 bridgehead atoms. The van der Waals surface area contributed by atoms with E-state index in [2.05, 4.69) is 46.7 Å². The summed E-state index contributed by atoms with van der Waals surface area (Å²) < 4.78 is 10.8. The first kappa shape index (κ1) is 22.6. The fraction of sp³-hybridized carbons (Fsp3) is 0.417. The van der Waals surface area contributed by atoms with Crippen molar-refractivity contribution in [3.8, 4) is 11.5 Å². The van der Waals surface area contributed by atoms with Crippen LogP contribution in [0.5, 0.6) is 11.5 Å². The van der Waals surface area contributed by atoms with Gasteiger partial charge in [-0.05, 0) is 42.2 Å². The number of carbonyl (C=O) groups excluding carboxylic acids is 2. The molecule has 166 valence electrons. The summed E-state index contributed by atoms with van der Waals surface area (Å²) in [4.78, 5) is 26.6. The van der Waals surface area contributed by atoms with Gasteiger partial charge in [0.1, 0.15) is 0 Å². The zero-order chi connectivity index (χ0) is 22.2. The second-order valence-electron chi connectivity index (χ2n) is 7.59. The van der Waals surface area contributed by atoms with Crippen LogP contribution >= 0.6 is 0 Å². The second kappa shape index (κ2) is 10.8. The molecule has 0 aromatic heterocycles. The molecule has 0 aliphatic carbocycles. The summed E-state index contributed by atoms with van der Waals surface area (Å²) >= 11 is 0. The molecular weight excluding hydrogens is 394 g/mol. The molecule has 3 rings (SSSR count). The first-order valence-electron chi connectivity index (χ1n) is 10.7. The van der Waals surface area contributed by atoms with Crippen LogP contribution in [0.4, 0.5) is 0 Å². The zero-order valence-corrected chi connectivity index (χ0v) is 18.4. The smallest absolute Gasteiger partial charge is 0.257 e. The highest BCUT2D eigenvalue weighted by Gasteiger charge is 2.23. The largest absolute Gasteiger partial charge is 0.493 e. The maximum Gasteiger partial charge on any atom is 0.257 e. The van der Waals surface area contributed by atoms with Gasteiger partial charge >= 0.3 is 0 Å². The lowest BCUT2D eigenvalue weighted by Crippen LogP contribution is -2.45. The lowest BCUT2D eigenvalue weighted by Gasteiger charge is -2.35. The van der Waals surface area contributed by atoms with E-state index in [9.17, 15) is 9.59 Å². The van der Waals surface area contributed by atoms with Crippen LogP contribution in [0, 0.1) is 0 Å². The van der Waals surface area contributed by atoms with Crippen LogP contribution in [0.3, 0.4) is 0 Å². The van der Waals surface area contributed by atoms with Crippen LogP contribution in [0.2, 0.25) is 0 Å². The fourth-order valence-electron chi connectivity index (χ4n) is 3.82. The van der Waals surface area contributed by atoms with Crippen LogP contribution in [0.1, 0.15) is 34.8 Å². The maximum atomic E-state index is 12.7. The predicted octanol–water partition coefficient (Wildman–Crippen LogP) is 2.39. The van der Waals surface area contributed by atoms with Gasteiger partial charge in [-0.2, -0.15) is 0 Å². The van der Waals surface area contributed by atoms with Gasteiger partial charge in [-0.25, -0.2) is 0 Å². The molecule has 1 aliphatic heterocycles. The van der Waals surface area contributed by atoms with Crippen LogP contribution < -0.4 is 20.1 Å². The van der Waals surface area contributed by atoms with E-state index in [1.807, 2.05) is 0 Å². The van der Waals surface area contributed by atoms with Crippen LogP contribution in [0.15, 0.2) is 42.5 Å². The zero-order valence-electron chi connectivity index (χ0n) is 18.4. The van der Waals surface area contributed by atoms with Crippen molar-refractivity contribution in [1.82, 2.24) is 15.5 Å². The lowest BCUT2D eigenvalue weighted by atomic mass is 9.98. The van der Waals surface area contributed by atoms with Crippen molar-refractivity contribution in [3.63, 3.8) is 0 Å². The minimum Gasteiger partial charge on any atom is -0.493 e. The normalized spacial score (nSPS) is 14.3. The van der Waals surface area contributed by atoms with E-state index in [0.29, 0.717) is 23.6 Å². The number of methoxy groups -OCH3 is 1. The topological polar surface area (TPSA) is 79.9 Å². The average Bonchev–Trinajstić information content (AvgIpc) is 2.82. The van der Waals surface area contributed by atoms with Crippen LogP contribution in [-0.4, -0.2) is 56.6 Å². The van der Waals surface area contributed by atoms with Crippen molar-refractivity contribution in [1.29, 1.82) is 0 Å². The molecule has 1 heterocycles. The number of amides is 2. The number of rotatable bonds is 9. The number of hydrogen-bond acceptors (Lipinski definition) is 5. The van der Waals surface area contributed by atoms with Crippen LogP contribution in [0.25, 0.3) is 0 Å². The first-order valence-corrected chi connectivity index (χ1v) is 10.7. The first-order chi connectivity index (χ1) is 15.0. The van der Waals surface area contributed by atoms with E-state index in [-0.39, 0.29) is 24.5 Å². The quantitative estimate of drug-likeness (QED) is 0.645. The van der Waals surface area contributed by atoms with E-state index in [1.54, 1.807) is 25.2 Å². The summed E-state index contributed by atoms with van der Waals surface area (Å²) in [5.74, 6) is 0.430. The minimum absolute atomic E-state index is 0.116.